The van der Waals surface area contributed by atoms with E-state index in [-0.39, 0.29) is 5.91 Å². The van der Waals surface area contributed by atoms with E-state index in [9.17, 15) is 4.79 Å². The standard InChI is InChI=1S/C9H14N2O/c1-3-5-9(10)6-4-7-11(2)8(9)12/h1H,4-7,10H2,2H3. The summed E-state index contributed by atoms with van der Waals surface area (Å²) < 4.78 is 0. The summed E-state index contributed by atoms with van der Waals surface area (Å²) >= 11 is 0. The maximum atomic E-state index is 11.5. The normalized spacial score (nSPS) is 30.1. The van der Waals surface area contributed by atoms with Crippen molar-refractivity contribution >= 4 is 5.91 Å². The van der Waals surface area contributed by atoms with Gasteiger partial charge in [-0.25, -0.2) is 0 Å². The van der Waals surface area contributed by atoms with Gasteiger partial charge in [-0.3, -0.25) is 4.79 Å². The smallest absolute Gasteiger partial charge is 0.243 e. The van der Waals surface area contributed by atoms with Gasteiger partial charge in [0.1, 0.15) is 5.54 Å². The first-order chi connectivity index (χ1) is 5.60. The van der Waals surface area contributed by atoms with Crippen LogP contribution in [0.4, 0.5) is 0 Å². The Kier molecular flexibility index (Phi) is 2.39. The number of carbonyl (C=O) groups excluding carboxylic acids is 1. The third-order valence-corrected chi connectivity index (χ3v) is 2.31. The van der Waals surface area contributed by atoms with Gasteiger partial charge in [-0.15, -0.1) is 12.3 Å². The molecule has 12 heavy (non-hydrogen) atoms. The molecule has 66 valence electrons. The number of hydrogen-bond acceptors (Lipinski definition) is 2. The number of terminal acetylenes is 1. The lowest BCUT2D eigenvalue weighted by Gasteiger charge is -2.36. The largest absolute Gasteiger partial charge is 0.344 e. The number of hydrogen-bond donors (Lipinski definition) is 1. The molecule has 2 N–H and O–H groups in total. The summed E-state index contributed by atoms with van der Waals surface area (Å²) in [6.07, 6.45) is 7.15. The van der Waals surface area contributed by atoms with Crippen LogP contribution in [-0.2, 0) is 4.79 Å². The van der Waals surface area contributed by atoms with Crippen molar-refractivity contribution in [3.8, 4) is 12.3 Å². The van der Waals surface area contributed by atoms with Crippen LogP contribution in [0.25, 0.3) is 0 Å². The number of piperidine rings is 1. The Bertz CT molecular complexity index is 231. The molecule has 1 unspecified atom stereocenters. The molecule has 1 saturated heterocycles. The maximum absolute atomic E-state index is 11.5. The lowest BCUT2D eigenvalue weighted by molar-refractivity contribution is -0.138. The molecule has 1 atom stereocenters. The lowest BCUT2D eigenvalue weighted by Crippen LogP contribution is -2.57. The Balaban J connectivity index is 2.76. The molecule has 3 nitrogen and oxygen atoms in total. The van der Waals surface area contributed by atoms with E-state index in [1.165, 1.54) is 0 Å². The molecule has 1 amide bonds. The predicted molar refractivity (Wildman–Crippen MR) is 47.2 cm³/mol. The van der Waals surface area contributed by atoms with Crippen LogP contribution in [0.1, 0.15) is 19.3 Å². The minimum absolute atomic E-state index is 0.0216. The third-order valence-electron chi connectivity index (χ3n) is 2.31. The van der Waals surface area contributed by atoms with Crippen LogP contribution in [0.15, 0.2) is 0 Å². The second-order valence-electron chi connectivity index (χ2n) is 3.37. The summed E-state index contributed by atoms with van der Waals surface area (Å²) in [5, 5.41) is 0. The number of nitrogens with two attached hydrogens (primary N) is 1. The highest BCUT2D eigenvalue weighted by Crippen LogP contribution is 2.21. The Hall–Kier alpha value is -1.01. The van der Waals surface area contributed by atoms with Crippen molar-refractivity contribution in [3.63, 3.8) is 0 Å². The minimum Gasteiger partial charge on any atom is -0.344 e. The fraction of sp³-hybridized carbons (Fsp3) is 0.667. The van der Waals surface area contributed by atoms with Crippen molar-refractivity contribution in [1.29, 1.82) is 0 Å². The highest BCUT2D eigenvalue weighted by Gasteiger charge is 2.38. The van der Waals surface area contributed by atoms with Gasteiger partial charge in [0.2, 0.25) is 5.91 Å². The highest BCUT2D eigenvalue weighted by atomic mass is 16.2. The molecule has 0 aromatic carbocycles. The zero-order valence-electron chi connectivity index (χ0n) is 7.34. The SMILES string of the molecule is C#CCC1(N)CCCN(C)C1=O. The number of likely N-dealkylation sites (tertiary alicyclic amines) is 1. The zero-order valence-corrected chi connectivity index (χ0v) is 7.34. The van der Waals surface area contributed by atoms with Crippen molar-refractivity contribution in [1.82, 2.24) is 4.90 Å². The van der Waals surface area contributed by atoms with Gasteiger partial charge in [0, 0.05) is 20.0 Å². The van der Waals surface area contributed by atoms with Gasteiger partial charge < -0.3 is 10.6 Å². The number of rotatable bonds is 1. The van der Waals surface area contributed by atoms with E-state index >= 15 is 0 Å². The van der Waals surface area contributed by atoms with Crippen molar-refractivity contribution < 1.29 is 4.79 Å². The Morgan fingerprint density at radius 1 is 1.83 bits per heavy atom. The fourth-order valence-electron chi connectivity index (χ4n) is 1.57. The molecule has 1 aliphatic heterocycles. The summed E-state index contributed by atoms with van der Waals surface area (Å²) in [5.41, 5.74) is 5.08. The van der Waals surface area contributed by atoms with Gasteiger partial charge in [0.15, 0.2) is 0 Å². The number of nitrogens with zero attached hydrogens (tertiary/aromatic N) is 1. The maximum Gasteiger partial charge on any atom is 0.243 e. The van der Waals surface area contributed by atoms with Crippen LogP contribution < -0.4 is 5.73 Å². The van der Waals surface area contributed by atoms with Crippen LogP contribution in [-0.4, -0.2) is 29.9 Å². The highest BCUT2D eigenvalue weighted by molar-refractivity contribution is 5.87. The first kappa shape index (κ1) is 9.08. The Morgan fingerprint density at radius 2 is 2.50 bits per heavy atom. The lowest BCUT2D eigenvalue weighted by atomic mass is 9.86. The Labute approximate surface area is 72.9 Å². The van der Waals surface area contributed by atoms with Crippen molar-refractivity contribution in [2.24, 2.45) is 5.73 Å². The number of likely N-dealkylation sites (N-methyl/N-ethyl adjacent to an activating group) is 1. The van der Waals surface area contributed by atoms with Crippen LogP contribution in [0.5, 0.6) is 0 Å². The van der Waals surface area contributed by atoms with E-state index in [4.69, 9.17) is 12.2 Å². The van der Waals surface area contributed by atoms with E-state index in [0.29, 0.717) is 12.8 Å². The second kappa shape index (κ2) is 3.16. The van der Waals surface area contributed by atoms with Gasteiger partial charge >= 0.3 is 0 Å². The molecule has 3 heteroatoms. The van der Waals surface area contributed by atoms with Gasteiger partial charge in [0.25, 0.3) is 0 Å². The Morgan fingerprint density at radius 3 is 3.08 bits per heavy atom. The molecule has 1 fully saturated rings. The summed E-state index contributed by atoms with van der Waals surface area (Å²) in [7, 11) is 1.76. The molecular formula is C9H14N2O. The molecule has 0 saturated carbocycles. The monoisotopic (exact) mass is 166 g/mol. The van der Waals surface area contributed by atoms with E-state index in [2.05, 4.69) is 5.92 Å². The molecule has 0 bridgehead atoms. The predicted octanol–water partition coefficient (Wildman–Crippen LogP) is -0.0406. The van der Waals surface area contributed by atoms with Crippen LogP contribution in [0.2, 0.25) is 0 Å². The van der Waals surface area contributed by atoms with E-state index in [1.807, 2.05) is 0 Å². The quantitative estimate of drug-likeness (QED) is 0.555. The van der Waals surface area contributed by atoms with E-state index < -0.39 is 5.54 Å². The van der Waals surface area contributed by atoms with Crippen LogP contribution >= 0.6 is 0 Å². The third kappa shape index (κ3) is 1.44. The number of carbonyl (C=O) groups is 1. The molecule has 0 radical (unpaired) electrons. The first-order valence-corrected chi connectivity index (χ1v) is 4.08. The van der Waals surface area contributed by atoms with Crippen molar-refractivity contribution in [3.05, 3.63) is 0 Å². The fourth-order valence-corrected chi connectivity index (χ4v) is 1.57. The first-order valence-electron chi connectivity index (χ1n) is 4.08. The molecular weight excluding hydrogens is 152 g/mol. The molecule has 0 spiro atoms. The van der Waals surface area contributed by atoms with Crippen molar-refractivity contribution in [2.45, 2.75) is 24.8 Å². The zero-order chi connectivity index (χ0) is 9.19. The topological polar surface area (TPSA) is 46.3 Å². The van der Waals surface area contributed by atoms with E-state index in [1.54, 1.807) is 11.9 Å². The molecule has 0 aromatic rings. The van der Waals surface area contributed by atoms with Crippen molar-refractivity contribution in [2.75, 3.05) is 13.6 Å². The van der Waals surface area contributed by atoms with Gasteiger partial charge in [-0.1, -0.05) is 0 Å². The molecule has 1 rings (SSSR count). The molecule has 0 aliphatic carbocycles. The summed E-state index contributed by atoms with van der Waals surface area (Å²) in [5.74, 6) is 2.43. The minimum atomic E-state index is -0.790. The average Bonchev–Trinajstić information content (AvgIpc) is 2.01. The molecule has 0 aromatic heterocycles. The second-order valence-corrected chi connectivity index (χ2v) is 3.37. The average molecular weight is 166 g/mol. The van der Waals surface area contributed by atoms with Crippen LogP contribution in [0, 0.1) is 12.3 Å². The van der Waals surface area contributed by atoms with E-state index in [0.717, 1.165) is 13.0 Å². The molecule has 1 heterocycles. The summed E-state index contributed by atoms with van der Waals surface area (Å²) in [4.78, 5) is 13.2. The van der Waals surface area contributed by atoms with Gasteiger partial charge in [-0.2, -0.15) is 0 Å². The van der Waals surface area contributed by atoms with Gasteiger partial charge in [-0.05, 0) is 12.8 Å². The van der Waals surface area contributed by atoms with Gasteiger partial charge in [0.05, 0.1) is 0 Å². The summed E-state index contributed by atoms with van der Waals surface area (Å²) in [6.45, 7) is 0.794. The summed E-state index contributed by atoms with van der Waals surface area (Å²) in [6, 6.07) is 0. The number of amides is 1. The molecule has 1 aliphatic rings. The van der Waals surface area contributed by atoms with Crippen LogP contribution in [0.3, 0.4) is 0 Å².